The van der Waals surface area contributed by atoms with E-state index in [4.69, 9.17) is 4.74 Å². The number of nitrogens with zero attached hydrogens (tertiary/aromatic N) is 1. The van der Waals surface area contributed by atoms with Crippen molar-refractivity contribution in [1.82, 2.24) is 0 Å². The molecule has 0 saturated carbocycles. The van der Waals surface area contributed by atoms with E-state index in [0.717, 1.165) is 23.1 Å². The summed E-state index contributed by atoms with van der Waals surface area (Å²) in [5.74, 6) is 2.59. The van der Waals surface area contributed by atoms with Crippen molar-refractivity contribution < 1.29 is 4.74 Å². The summed E-state index contributed by atoms with van der Waals surface area (Å²) in [5, 5.41) is 1.12. The van der Waals surface area contributed by atoms with Crippen molar-refractivity contribution in [2.45, 2.75) is 19.8 Å². The molecule has 0 atom stereocenters. The van der Waals surface area contributed by atoms with E-state index in [1.165, 1.54) is 5.56 Å². The van der Waals surface area contributed by atoms with Crippen molar-refractivity contribution in [2.24, 2.45) is 4.99 Å². The van der Waals surface area contributed by atoms with Crippen LogP contribution in [0.1, 0.15) is 25.3 Å². The van der Waals surface area contributed by atoms with E-state index in [-0.39, 0.29) is 0 Å². The highest BCUT2D eigenvalue weighted by Gasteiger charge is 2.10. The first-order valence-corrected chi connectivity index (χ1v) is 6.64. The number of hydrogen-bond acceptors (Lipinski definition) is 3. The summed E-state index contributed by atoms with van der Waals surface area (Å²) in [6.45, 7) is 5.93. The van der Waals surface area contributed by atoms with E-state index in [2.05, 4.69) is 31.0 Å². The lowest BCUT2D eigenvalue weighted by atomic mass is 10.0. The summed E-state index contributed by atoms with van der Waals surface area (Å²) >= 11 is 1.80. The highest BCUT2D eigenvalue weighted by atomic mass is 32.2. The third-order valence-electron chi connectivity index (χ3n) is 2.54. The predicted octanol–water partition coefficient (Wildman–Crippen LogP) is 3.33. The molecule has 0 spiro atoms. The SMILES string of the molecule is CC(C)c1ccccc1OCC1=NCCS1. The predicted molar refractivity (Wildman–Crippen MR) is 70.8 cm³/mol. The van der Waals surface area contributed by atoms with Gasteiger partial charge in [0.15, 0.2) is 0 Å². The lowest BCUT2D eigenvalue weighted by molar-refractivity contribution is 0.373. The molecule has 86 valence electrons. The molecule has 1 heterocycles. The molecule has 1 aliphatic rings. The summed E-state index contributed by atoms with van der Waals surface area (Å²) in [5.41, 5.74) is 1.27. The van der Waals surface area contributed by atoms with Crippen molar-refractivity contribution in [3.63, 3.8) is 0 Å². The zero-order valence-corrected chi connectivity index (χ0v) is 10.6. The number of ether oxygens (including phenoxy) is 1. The molecule has 2 nitrogen and oxygen atoms in total. The maximum atomic E-state index is 5.83. The molecule has 16 heavy (non-hydrogen) atoms. The van der Waals surface area contributed by atoms with Gasteiger partial charge in [-0.05, 0) is 17.5 Å². The summed E-state index contributed by atoms with van der Waals surface area (Å²) in [6.07, 6.45) is 0. The Morgan fingerprint density at radius 1 is 1.38 bits per heavy atom. The highest BCUT2D eigenvalue weighted by Crippen LogP contribution is 2.26. The number of rotatable bonds is 4. The fraction of sp³-hybridized carbons (Fsp3) is 0.462. The molecular formula is C13H17NOS. The maximum absolute atomic E-state index is 5.83. The van der Waals surface area contributed by atoms with E-state index in [0.29, 0.717) is 12.5 Å². The van der Waals surface area contributed by atoms with E-state index >= 15 is 0 Å². The summed E-state index contributed by atoms with van der Waals surface area (Å²) in [4.78, 5) is 4.38. The number of benzene rings is 1. The molecule has 0 amide bonds. The molecule has 0 fully saturated rings. The van der Waals surface area contributed by atoms with Gasteiger partial charge in [0.2, 0.25) is 0 Å². The maximum Gasteiger partial charge on any atom is 0.136 e. The first-order valence-electron chi connectivity index (χ1n) is 5.65. The molecule has 0 aliphatic carbocycles. The topological polar surface area (TPSA) is 21.6 Å². The Morgan fingerprint density at radius 2 is 2.19 bits per heavy atom. The normalized spacial score (nSPS) is 15.3. The highest BCUT2D eigenvalue weighted by molar-refractivity contribution is 8.14. The summed E-state index contributed by atoms with van der Waals surface area (Å²) < 4.78 is 5.83. The quantitative estimate of drug-likeness (QED) is 0.798. The largest absolute Gasteiger partial charge is 0.486 e. The van der Waals surface area contributed by atoms with Crippen LogP contribution in [0.4, 0.5) is 0 Å². The molecule has 0 aromatic heterocycles. The minimum Gasteiger partial charge on any atom is -0.486 e. The first-order chi connectivity index (χ1) is 7.77. The molecular weight excluding hydrogens is 218 g/mol. The van der Waals surface area contributed by atoms with Gasteiger partial charge < -0.3 is 4.74 Å². The third-order valence-corrected chi connectivity index (χ3v) is 3.51. The Labute approximate surface area is 101 Å². The summed E-state index contributed by atoms with van der Waals surface area (Å²) in [6, 6.07) is 8.24. The number of hydrogen-bond donors (Lipinski definition) is 0. The Morgan fingerprint density at radius 3 is 2.88 bits per heavy atom. The van der Waals surface area contributed by atoms with Crippen LogP contribution in [-0.4, -0.2) is 23.9 Å². The lowest BCUT2D eigenvalue weighted by Gasteiger charge is -2.13. The van der Waals surface area contributed by atoms with Crippen molar-refractivity contribution in [3.05, 3.63) is 29.8 Å². The van der Waals surface area contributed by atoms with Crippen LogP contribution in [-0.2, 0) is 0 Å². The van der Waals surface area contributed by atoms with Gasteiger partial charge in [0.25, 0.3) is 0 Å². The van der Waals surface area contributed by atoms with Crippen LogP contribution >= 0.6 is 11.8 Å². The monoisotopic (exact) mass is 235 g/mol. The first kappa shape index (κ1) is 11.5. The average molecular weight is 235 g/mol. The van der Waals surface area contributed by atoms with Gasteiger partial charge in [-0.3, -0.25) is 4.99 Å². The molecule has 0 saturated heterocycles. The van der Waals surface area contributed by atoms with Gasteiger partial charge in [-0.25, -0.2) is 0 Å². The van der Waals surface area contributed by atoms with Crippen LogP contribution in [0.25, 0.3) is 0 Å². The number of para-hydroxylation sites is 1. The van der Waals surface area contributed by atoms with E-state index in [9.17, 15) is 0 Å². The van der Waals surface area contributed by atoms with Gasteiger partial charge in [0, 0.05) is 12.3 Å². The Hall–Kier alpha value is -0.960. The second-order valence-corrected chi connectivity index (χ2v) is 5.27. The Bertz CT molecular complexity index is 387. The van der Waals surface area contributed by atoms with E-state index in [1.54, 1.807) is 11.8 Å². The molecule has 3 heteroatoms. The fourth-order valence-corrected chi connectivity index (χ4v) is 2.44. The molecule has 0 N–H and O–H groups in total. The second kappa shape index (κ2) is 5.39. The fourth-order valence-electron chi connectivity index (χ4n) is 1.70. The van der Waals surface area contributed by atoms with Crippen molar-refractivity contribution in [3.8, 4) is 5.75 Å². The molecule has 1 aliphatic heterocycles. The smallest absolute Gasteiger partial charge is 0.136 e. The standard InChI is InChI=1S/C13H17NOS/c1-10(2)11-5-3-4-6-12(11)15-9-13-14-7-8-16-13/h3-6,10H,7-9H2,1-2H3. The van der Waals surface area contributed by atoms with Crippen LogP contribution in [0.3, 0.4) is 0 Å². The van der Waals surface area contributed by atoms with Gasteiger partial charge in [-0.2, -0.15) is 0 Å². The molecule has 1 aromatic carbocycles. The Balaban J connectivity index is 2.03. The van der Waals surface area contributed by atoms with Gasteiger partial charge in [-0.1, -0.05) is 32.0 Å². The lowest BCUT2D eigenvalue weighted by Crippen LogP contribution is -2.07. The molecule has 0 bridgehead atoms. The van der Waals surface area contributed by atoms with Gasteiger partial charge >= 0.3 is 0 Å². The van der Waals surface area contributed by atoms with E-state index < -0.39 is 0 Å². The van der Waals surface area contributed by atoms with Crippen molar-refractivity contribution >= 4 is 16.8 Å². The zero-order valence-electron chi connectivity index (χ0n) is 9.77. The summed E-state index contributed by atoms with van der Waals surface area (Å²) in [7, 11) is 0. The number of aliphatic imine (C=N–C) groups is 1. The third kappa shape index (κ3) is 2.79. The van der Waals surface area contributed by atoms with Crippen LogP contribution in [0.5, 0.6) is 5.75 Å². The molecule has 2 rings (SSSR count). The van der Waals surface area contributed by atoms with E-state index in [1.807, 2.05) is 12.1 Å². The average Bonchev–Trinajstić information content (AvgIpc) is 2.79. The minimum absolute atomic E-state index is 0.495. The van der Waals surface area contributed by atoms with Crippen LogP contribution < -0.4 is 4.74 Å². The Kier molecular flexibility index (Phi) is 3.88. The van der Waals surface area contributed by atoms with Gasteiger partial charge in [-0.15, -0.1) is 11.8 Å². The van der Waals surface area contributed by atoms with Crippen LogP contribution in [0.15, 0.2) is 29.3 Å². The van der Waals surface area contributed by atoms with Crippen LogP contribution in [0, 0.1) is 0 Å². The van der Waals surface area contributed by atoms with Crippen molar-refractivity contribution in [2.75, 3.05) is 18.9 Å². The van der Waals surface area contributed by atoms with Crippen molar-refractivity contribution in [1.29, 1.82) is 0 Å². The number of thioether (sulfide) groups is 1. The van der Waals surface area contributed by atoms with Crippen LogP contribution in [0.2, 0.25) is 0 Å². The second-order valence-electron chi connectivity index (χ2n) is 4.11. The zero-order chi connectivity index (χ0) is 11.4. The van der Waals surface area contributed by atoms with Gasteiger partial charge in [0.1, 0.15) is 17.4 Å². The molecule has 0 radical (unpaired) electrons. The van der Waals surface area contributed by atoms with Gasteiger partial charge in [0.05, 0.1) is 0 Å². The molecule has 1 aromatic rings. The minimum atomic E-state index is 0.495. The molecule has 0 unspecified atom stereocenters.